The second kappa shape index (κ2) is 5.30. The summed E-state index contributed by atoms with van der Waals surface area (Å²) in [6, 6.07) is 0. The molecule has 2 nitrogen and oxygen atoms in total. The molecule has 0 bridgehead atoms. The molecule has 0 aliphatic carbocycles. The zero-order valence-electron chi connectivity index (χ0n) is 6.92. The van der Waals surface area contributed by atoms with Gasteiger partial charge in [0.1, 0.15) is 0 Å². The van der Waals surface area contributed by atoms with E-state index >= 15 is 0 Å². The Bertz CT molecular complexity index is 108. The van der Waals surface area contributed by atoms with Crippen LogP contribution in [0.3, 0.4) is 0 Å². The fourth-order valence-electron chi connectivity index (χ4n) is 0.723. The van der Waals surface area contributed by atoms with Crippen molar-refractivity contribution in [3.05, 3.63) is 11.8 Å². The monoisotopic (exact) mass is 144 g/mol. The van der Waals surface area contributed by atoms with Crippen LogP contribution in [0.4, 0.5) is 0 Å². The van der Waals surface area contributed by atoms with Crippen LogP contribution in [0.2, 0.25) is 0 Å². The number of allylic oxidation sites excluding steroid dienone is 1. The Morgan fingerprint density at radius 3 is 2.70 bits per heavy atom. The van der Waals surface area contributed by atoms with E-state index in [0.717, 1.165) is 6.42 Å². The second-order valence-corrected chi connectivity index (χ2v) is 2.51. The molecule has 2 heteroatoms. The average molecular weight is 144 g/mol. The van der Waals surface area contributed by atoms with Gasteiger partial charge in [0.2, 0.25) is 0 Å². The maximum Gasteiger partial charge on any atom is 0.0816 e. The molecule has 1 unspecified atom stereocenters. The van der Waals surface area contributed by atoms with E-state index in [1.165, 1.54) is 5.57 Å². The Balaban J connectivity index is 3.69. The highest BCUT2D eigenvalue weighted by molar-refractivity contribution is 4.97. The standard InChI is InChI=1S/C8H16O2/c1-7(4-5-9)8(2)6-10-3/h6-7,9H,4-5H2,1-3H3/b8-6+. The first-order chi connectivity index (χ1) is 4.72. The molecule has 0 aliphatic heterocycles. The predicted octanol–water partition coefficient (Wildman–Crippen LogP) is 1.56. The van der Waals surface area contributed by atoms with Crippen molar-refractivity contribution in [2.75, 3.05) is 13.7 Å². The first-order valence-electron chi connectivity index (χ1n) is 3.52. The third-order valence-corrected chi connectivity index (χ3v) is 1.64. The highest BCUT2D eigenvalue weighted by Crippen LogP contribution is 2.12. The summed E-state index contributed by atoms with van der Waals surface area (Å²) in [5, 5.41) is 8.59. The van der Waals surface area contributed by atoms with Gasteiger partial charge in [-0.2, -0.15) is 0 Å². The van der Waals surface area contributed by atoms with Crippen molar-refractivity contribution in [3.8, 4) is 0 Å². The molecule has 0 aromatic rings. The maximum atomic E-state index is 8.59. The van der Waals surface area contributed by atoms with Crippen LogP contribution in [0.25, 0.3) is 0 Å². The summed E-state index contributed by atoms with van der Waals surface area (Å²) < 4.78 is 4.83. The summed E-state index contributed by atoms with van der Waals surface area (Å²) in [4.78, 5) is 0. The van der Waals surface area contributed by atoms with Gasteiger partial charge in [-0.3, -0.25) is 0 Å². The van der Waals surface area contributed by atoms with Crippen LogP contribution in [0.15, 0.2) is 11.8 Å². The minimum atomic E-state index is 0.246. The Morgan fingerprint density at radius 2 is 2.30 bits per heavy atom. The average Bonchev–Trinajstić information content (AvgIpc) is 1.89. The van der Waals surface area contributed by atoms with Crippen molar-refractivity contribution in [2.45, 2.75) is 20.3 Å². The topological polar surface area (TPSA) is 29.5 Å². The van der Waals surface area contributed by atoms with Crippen LogP contribution in [-0.4, -0.2) is 18.8 Å². The summed E-state index contributed by atoms with van der Waals surface area (Å²) in [5.74, 6) is 0.421. The third kappa shape index (κ3) is 3.51. The maximum absolute atomic E-state index is 8.59. The van der Waals surface area contributed by atoms with Gasteiger partial charge in [-0.25, -0.2) is 0 Å². The lowest BCUT2D eigenvalue weighted by Crippen LogP contribution is -1.99. The van der Waals surface area contributed by atoms with Crippen LogP contribution < -0.4 is 0 Å². The van der Waals surface area contributed by atoms with E-state index in [-0.39, 0.29) is 6.61 Å². The second-order valence-electron chi connectivity index (χ2n) is 2.51. The summed E-state index contributed by atoms with van der Waals surface area (Å²) in [7, 11) is 1.63. The SMILES string of the molecule is CO/C=C(\C)C(C)CCO. The highest BCUT2D eigenvalue weighted by atomic mass is 16.5. The van der Waals surface area contributed by atoms with Gasteiger partial charge in [0.25, 0.3) is 0 Å². The zero-order valence-corrected chi connectivity index (χ0v) is 6.92. The molecular weight excluding hydrogens is 128 g/mol. The molecule has 10 heavy (non-hydrogen) atoms. The molecule has 0 spiro atoms. The van der Waals surface area contributed by atoms with Gasteiger partial charge >= 0.3 is 0 Å². The summed E-state index contributed by atoms with van der Waals surface area (Å²) in [6.07, 6.45) is 2.53. The molecule has 0 heterocycles. The van der Waals surface area contributed by atoms with Gasteiger partial charge < -0.3 is 9.84 Å². The highest BCUT2D eigenvalue weighted by Gasteiger charge is 2.02. The van der Waals surface area contributed by atoms with E-state index in [4.69, 9.17) is 9.84 Å². The summed E-state index contributed by atoms with van der Waals surface area (Å²) >= 11 is 0. The van der Waals surface area contributed by atoms with Gasteiger partial charge in [-0.1, -0.05) is 6.92 Å². The molecular formula is C8H16O2. The van der Waals surface area contributed by atoms with Crippen LogP contribution in [-0.2, 0) is 4.74 Å². The van der Waals surface area contributed by atoms with E-state index in [1.807, 2.05) is 6.92 Å². The fraction of sp³-hybridized carbons (Fsp3) is 0.750. The molecule has 1 atom stereocenters. The molecule has 0 saturated carbocycles. The normalized spacial score (nSPS) is 15.0. The van der Waals surface area contributed by atoms with E-state index in [1.54, 1.807) is 13.4 Å². The van der Waals surface area contributed by atoms with Crippen molar-refractivity contribution in [1.82, 2.24) is 0 Å². The third-order valence-electron chi connectivity index (χ3n) is 1.64. The molecule has 0 radical (unpaired) electrons. The van der Waals surface area contributed by atoms with Crippen molar-refractivity contribution in [2.24, 2.45) is 5.92 Å². The van der Waals surface area contributed by atoms with Gasteiger partial charge in [-0.05, 0) is 24.8 Å². The number of ether oxygens (including phenoxy) is 1. The van der Waals surface area contributed by atoms with Gasteiger partial charge in [0.05, 0.1) is 13.4 Å². The molecule has 0 amide bonds. The minimum Gasteiger partial charge on any atom is -0.504 e. The van der Waals surface area contributed by atoms with Crippen molar-refractivity contribution >= 4 is 0 Å². The molecule has 0 saturated heterocycles. The van der Waals surface area contributed by atoms with Gasteiger partial charge in [0, 0.05) is 6.61 Å². The van der Waals surface area contributed by atoms with E-state index in [9.17, 15) is 0 Å². The van der Waals surface area contributed by atoms with Crippen LogP contribution in [0.5, 0.6) is 0 Å². The molecule has 0 aliphatic rings. The lowest BCUT2D eigenvalue weighted by molar-refractivity contribution is 0.267. The number of methoxy groups -OCH3 is 1. The fourth-order valence-corrected chi connectivity index (χ4v) is 0.723. The van der Waals surface area contributed by atoms with Gasteiger partial charge in [-0.15, -0.1) is 0 Å². The number of aliphatic hydroxyl groups is 1. The number of hydrogen-bond acceptors (Lipinski definition) is 2. The van der Waals surface area contributed by atoms with E-state index in [2.05, 4.69) is 6.92 Å². The Hall–Kier alpha value is -0.500. The van der Waals surface area contributed by atoms with E-state index < -0.39 is 0 Å². The van der Waals surface area contributed by atoms with Crippen molar-refractivity contribution in [3.63, 3.8) is 0 Å². The molecule has 1 N–H and O–H groups in total. The number of aliphatic hydroxyl groups excluding tert-OH is 1. The molecule has 0 rings (SSSR count). The van der Waals surface area contributed by atoms with Crippen molar-refractivity contribution in [1.29, 1.82) is 0 Å². The predicted molar refractivity (Wildman–Crippen MR) is 41.6 cm³/mol. The summed E-state index contributed by atoms with van der Waals surface area (Å²) in [5.41, 5.74) is 1.18. The first-order valence-corrected chi connectivity index (χ1v) is 3.52. The van der Waals surface area contributed by atoms with Crippen molar-refractivity contribution < 1.29 is 9.84 Å². The Morgan fingerprint density at radius 1 is 1.70 bits per heavy atom. The Kier molecular flexibility index (Phi) is 5.03. The van der Waals surface area contributed by atoms with Gasteiger partial charge in [0.15, 0.2) is 0 Å². The molecule has 0 fully saturated rings. The lowest BCUT2D eigenvalue weighted by atomic mass is 10.0. The zero-order chi connectivity index (χ0) is 7.98. The minimum absolute atomic E-state index is 0.246. The molecule has 60 valence electrons. The van der Waals surface area contributed by atoms with Crippen LogP contribution >= 0.6 is 0 Å². The van der Waals surface area contributed by atoms with Crippen LogP contribution in [0, 0.1) is 5.92 Å². The summed E-state index contributed by atoms with van der Waals surface area (Å²) in [6.45, 7) is 4.32. The number of hydrogen-bond donors (Lipinski definition) is 1. The van der Waals surface area contributed by atoms with E-state index in [0.29, 0.717) is 5.92 Å². The quantitative estimate of drug-likeness (QED) is 0.607. The smallest absolute Gasteiger partial charge is 0.0816 e. The Labute approximate surface area is 62.5 Å². The first kappa shape index (κ1) is 9.50. The lowest BCUT2D eigenvalue weighted by Gasteiger charge is -2.08. The van der Waals surface area contributed by atoms with Crippen LogP contribution in [0.1, 0.15) is 20.3 Å². The molecule has 0 aromatic heterocycles. The largest absolute Gasteiger partial charge is 0.504 e. The molecule has 0 aromatic carbocycles. The number of rotatable bonds is 4.